The van der Waals surface area contributed by atoms with E-state index in [-0.39, 0.29) is 11.6 Å². The summed E-state index contributed by atoms with van der Waals surface area (Å²) < 4.78 is 5.49. The van der Waals surface area contributed by atoms with Crippen molar-refractivity contribution in [2.75, 3.05) is 18.5 Å². The molecule has 1 aromatic carbocycles. The molecular formula is C15H18N2O2. The normalized spacial score (nSPS) is 25.1. The van der Waals surface area contributed by atoms with Gasteiger partial charge in [0.05, 0.1) is 18.8 Å². The predicted octanol–water partition coefficient (Wildman–Crippen LogP) is 2.22. The fourth-order valence-corrected chi connectivity index (χ4v) is 3.34. The quantitative estimate of drug-likeness (QED) is 0.840. The summed E-state index contributed by atoms with van der Waals surface area (Å²) in [7, 11) is 0. The van der Waals surface area contributed by atoms with Crippen LogP contribution in [-0.2, 0) is 4.74 Å². The molecule has 4 heteroatoms. The molecule has 1 amide bonds. The van der Waals surface area contributed by atoms with E-state index in [2.05, 4.69) is 10.2 Å². The Balaban J connectivity index is 1.80. The highest BCUT2D eigenvalue weighted by Crippen LogP contribution is 2.43. The smallest absolute Gasteiger partial charge is 0.258 e. The van der Waals surface area contributed by atoms with E-state index in [0.717, 1.165) is 50.1 Å². The molecule has 0 aromatic heterocycles. The molecule has 4 rings (SSSR count). The Morgan fingerprint density at radius 3 is 2.68 bits per heavy atom. The number of hydrogen-bond acceptors (Lipinski definition) is 3. The third kappa shape index (κ3) is 1.66. The van der Waals surface area contributed by atoms with Crippen LogP contribution >= 0.6 is 0 Å². The molecule has 2 heterocycles. The number of rotatable bonds is 1. The minimum Gasteiger partial charge on any atom is -0.381 e. The maximum atomic E-state index is 12.8. The number of fused-ring (bicyclic) bond motifs is 1. The Hall–Kier alpha value is -1.55. The van der Waals surface area contributed by atoms with Gasteiger partial charge in [-0.25, -0.2) is 0 Å². The van der Waals surface area contributed by atoms with Gasteiger partial charge in [0.2, 0.25) is 0 Å². The summed E-state index contributed by atoms with van der Waals surface area (Å²) in [6.07, 6.45) is 4.03. The molecule has 1 saturated heterocycles. The van der Waals surface area contributed by atoms with Crippen LogP contribution in [0.2, 0.25) is 0 Å². The molecule has 1 N–H and O–H groups in total. The molecule has 0 atom stereocenters. The van der Waals surface area contributed by atoms with Gasteiger partial charge >= 0.3 is 0 Å². The lowest BCUT2D eigenvalue weighted by molar-refractivity contribution is -0.0128. The number of carbonyl (C=O) groups excluding carboxylic acids is 1. The average molecular weight is 258 g/mol. The summed E-state index contributed by atoms with van der Waals surface area (Å²) in [6, 6.07) is 8.28. The van der Waals surface area contributed by atoms with E-state index < -0.39 is 0 Å². The largest absolute Gasteiger partial charge is 0.381 e. The maximum absolute atomic E-state index is 12.8. The van der Waals surface area contributed by atoms with Crippen molar-refractivity contribution in [3.8, 4) is 0 Å². The summed E-state index contributed by atoms with van der Waals surface area (Å²) in [6.45, 7) is 1.46. The number of hydrogen-bond donors (Lipinski definition) is 1. The Kier molecular flexibility index (Phi) is 2.36. The number of carbonyl (C=O) groups is 1. The SMILES string of the molecule is O=C1c2ccccc2NC2(CCOCC2)N1C1CC1. The number of nitrogens with one attached hydrogen (secondary N) is 1. The van der Waals surface area contributed by atoms with E-state index in [1.54, 1.807) is 0 Å². The van der Waals surface area contributed by atoms with Crippen molar-refractivity contribution in [2.24, 2.45) is 0 Å². The molecule has 0 bridgehead atoms. The average Bonchev–Trinajstić information content (AvgIpc) is 3.24. The van der Waals surface area contributed by atoms with Gasteiger partial charge in [-0.3, -0.25) is 4.79 Å². The number of amides is 1. The van der Waals surface area contributed by atoms with Crippen molar-refractivity contribution in [1.82, 2.24) is 4.90 Å². The zero-order valence-corrected chi connectivity index (χ0v) is 10.9. The van der Waals surface area contributed by atoms with Crippen LogP contribution in [0.1, 0.15) is 36.0 Å². The summed E-state index contributed by atoms with van der Waals surface area (Å²) >= 11 is 0. The third-order valence-electron chi connectivity index (χ3n) is 4.44. The first-order chi connectivity index (χ1) is 9.30. The zero-order chi connectivity index (χ0) is 12.9. The van der Waals surface area contributed by atoms with Crippen molar-refractivity contribution in [3.63, 3.8) is 0 Å². The summed E-state index contributed by atoms with van der Waals surface area (Å²) in [5, 5.41) is 3.64. The molecule has 4 nitrogen and oxygen atoms in total. The lowest BCUT2D eigenvalue weighted by atomic mass is 9.92. The monoisotopic (exact) mass is 258 g/mol. The number of benzene rings is 1. The fourth-order valence-electron chi connectivity index (χ4n) is 3.34. The molecule has 0 unspecified atom stereocenters. The molecule has 1 aliphatic carbocycles. The molecule has 1 aromatic rings. The minimum absolute atomic E-state index is 0.193. The summed E-state index contributed by atoms with van der Waals surface area (Å²) in [5.74, 6) is 0.193. The lowest BCUT2D eigenvalue weighted by Crippen LogP contribution is -2.63. The topological polar surface area (TPSA) is 41.6 Å². The summed E-state index contributed by atoms with van der Waals surface area (Å²) in [5.41, 5.74) is 1.57. The van der Waals surface area contributed by atoms with Gasteiger partial charge in [0, 0.05) is 24.6 Å². The van der Waals surface area contributed by atoms with E-state index in [1.165, 1.54) is 0 Å². The molecule has 1 saturated carbocycles. The van der Waals surface area contributed by atoms with Gasteiger partial charge in [0.15, 0.2) is 0 Å². The molecule has 100 valence electrons. The molecule has 0 radical (unpaired) electrons. The van der Waals surface area contributed by atoms with Crippen molar-refractivity contribution in [2.45, 2.75) is 37.4 Å². The molecule has 3 aliphatic rings. The van der Waals surface area contributed by atoms with Crippen molar-refractivity contribution < 1.29 is 9.53 Å². The Labute approximate surface area is 112 Å². The van der Waals surface area contributed by atoms with Gasteiger partial charge in [-0.2, -0.15) is 0 Å². The van der Waals surface area contributed by atoms with Crippen molar-refractivity contribution in [3.05, 3.63) is 29.8 Å². The van der Waals surface area contributed by atoms with Crippen LogP contribution in [0.3, 0.4) is 0 Å². The van der Waals surface area contributed by atoms with E-state index in [1.807, 2.05) is 24.3 Å². The van der Waals surface area contributed by atoms with Crippen LogP contribution < -0.4 is 5.32 Å². The lowest BCUT2D eigenvalue weighted by Gasteiger charge is -2.50. The van der Waals surface area contributed by atoms with E-state index in [9.17, 15) is 4.79 Å². The van der Waals surface area contributed by atoms with Crippen molar-refractivity contribution >= 4 is 11.6 Å². The second-order valence-corrected chi connectivity index (χ2v) is 5.72. The molecular weight excluding hydrogens is 240 g/mol. The second kappa shape index (κ2) is 3.97. The van der Waals surface area contributed by atoms with Crippen LogP contribution in [0, 0.1) is 0 Å². The Bertz CT molecular complexity index is 519. The van der Waals surface area contributed by atoms with Crippen LogP contribution in [-0.4, -0.2) is 35.7 Å². The summed E-state index contributed by atoms with van der Waals surface area (Å²) in [4.78, 5) is 14.9. The van der Waals surface area contributed by atoms with Crippen LogP contribution in [0.5, 0.6) is 0 Å². The zero-order valence-electron chi connectivity index (χ0n) is 10.9. The molecule has 19 heavy (non-hydrogen) atoms. The van der Waals surface area contributed by atoms with Gasteiger partial charge in [-0.15, -0.1) is 0 Å². The second-order valence-electron chi connectivity index (χ2n) is 5.72. The highest BCUT2D eigenvalue weighted by molar-refractivity contribution is 6.02. The minimum atomic E-state index is -0.217. The van der Waals surface area contributed by atoms with E-state index in [4.69, 9.17) is 4.74 Å². The number of ether oxygens (including phenoxy) is 1. The first-order valence-electron chi connectivity index (χ1n) is 7.09. The molecule has 1 spiro atoms. The van der Waals surface area contributed by atoms with Crippen LogP contribution in [0.25, 0.3) is 0 Å². The van der Waals surface area contributed by atoms with E-state index in [0.29, 0.717) is 6.04 Å². The molecule has 2 aliphatic heterocycles. The van der Waals surface area contributed by atoms with Crippen LogP contribution in [0.4, 0.5) is 5.69 Å². The maximum Gasteiger partial charge on any atom is 0.258 e. The van der Waals surface area contributed by atoms with Gasteiger partial charge in [-0.1, -0.05) is 12.1 Å². The Morgan fingerprint density at radius 1 is 1.21 bits per heavy atom. The van der Waals surface area contributed by atoms with Gasteiger partial charge in [0.1, 0.15) is 5.66 Å². The van der Waals surface area contributed by atoms with Gasteiger partial charge in [-0.05, 0) is 25.0 Å². The first-order valence-corrected chi connectivity index (χ1v) is 7.09. The number of nitrogens with zero attached hydrogens (tertiary/aromatic N) is 1. The predicted molar refractivity (Wildman–Crippen MR) is 72.0 cm³/mol. The third-order valence-corrected chi connectivity index (χ3v) is 4.44. The highest BCUT2D eigenvalue weighted by atomic mass is 16.5. The first kappa shape index (κ1) is 11.3. The standard InChI is InChI=1S/C15H18N2O2/c18-14-12-3-1-2-4-13(12)16-15(7-9-19-10-8-15)17(14)11-5-6-11/h1-4,11,16H,5-10H2. The number of anilines is 1. The fraction of sp³-hybridized carbons (Fsp3) is 0.533. The molecule has 2 fully saturated rings. The van der Waals surface area contributed by atoms with Crippen LogP contribution in [0.15, 0.2) is 24.3 Å². The highest BCUT2D eigenvalue weighted by Gasteiger charge is 2.51. The van der Waals surface area contributed by atoms with Crippen molar-refractivity contribution in [1.29, 1.82) is 0 Å². The van der Waals surface area contributed by atoms with Gasteiger partial charge in [0.25, 0.3) is 5.91 Å². The van der Waals surface area contributed by atoms with Gasteiger partial charge < -0.3 is 15.0 Å². The number of para-hydroxylation sites is 1. The Morgan fingerprint density at radius 2 is 1.95 bits per heavy atom. The van der Waals surface area contributed by atoms with E-state index >= 15 is 0 Å².